The second kappa shape index (κ2) is 5.21. The zero-order chi connectivity index (χ0) is 12.3. The van der Waals surface area contributed by atoms with Crippen molar-refractivity contribution >= 4 is 17.6 Å². The van der Waals surface area contributed by atoms with Gasteiger partial charge in [0.15, 0.2) is 0 Å². The molecule has 0 fully saturated rings. The Labute approximate surface area is 99.7 Å². The van der Waals surface area contributed by atoms with Crippen molar-refractivity contribution in [3.05, 3.63) is 27.8 Å². The third-order valence-electron chi connectivity index (χ3n) is 2.72. The highest BCUT2D eigenvalue weighted by Crippen LogP contribution is 2.33. The molecule has 0 unspecified atom stereocenters. The van der Waals surface area contributed by atoms with Gasteiger partial charge in [0.05, 0.1) is 5.02 Å². The van der Waals surface area contributed by atoms with Crippen LogP contribution in [0.5, 0.6) is 5.75 Å². The summed E-state index contributed by atoms with van der Waals surface area (Å²) >= 11 is 5.87. The van der Waals surface area contributed by atoms with Crippen LogP contribution in [0.4, 0.5) is 0 Å². The largest absolute Gasteiger partial charge is 0.506 e. The van der Waals surface area contributed by atoms with Crippen LogP contribution in [0.25, 0.3) is 0 Å². The van der Waals surface area contributed by atoms with Crippen molar-refractivity contribution in [3.63, 3.8) is 0 Å². The molecule has 0 aliphatic carbocycles. The van der Waals surface area contributed by atoms with Gasteiger partial charge in [0, 0.05) is 6.42 Å². The van der Waals surface area contributed by atoms with Crippen molar-refractivity contribution in [3.8, 4) is 5.75 Å². The molecule has 3 nitrogen and oxygen atoms in total. The molecule has 0 aromatic heterocycles. The molecular weight excluding hydrogens is 228 g/mol. The van der Waals surface area contributed by atoms with E-state index in [9.17, 15) is 9.90 Å². The van der Waals surface area contributed by atoms with E-state index in [0.717, 1.165) is 16.7 Å². The maximum Gasteiger partial charge on any atom is 0.303 e. The normalized spacial score (nSPS) is 10.4. The molecule has 0 spiro atoms. The Hall–Kier alpha value is -1.22. The Balaban J connectivity index is 2.90. The molecule has 0 saturated carbocycles. The summed E-state index contributed by atoms with van der Waals surface area (Å²) in [4.78, 5) is 10.4. The summed E-state index contributed by atoms with van der Waals surface area (Å²) in [6.45, 7) is 3.82. The first kappa shape index (κ1) is 12.8. The van der Waals surface area contributed by atoms with Gasteiger partial charge in [0.1, 0.15) is 5.75 Å². The minimum atomic E-state index is -0.823. The molecule has 0 bridgehead atoms. The summed E-state index contributed by atoms with van der Waals surface area (Å²) in [5.74, 6) is -0.744. The average Bonchev–Trinajstić information content (AvgIpc) is 2.20. The van der Waals surface area contributed by atoms with E-state index in [2.05, 4.69) is 0 Å². The maximum atomic E-state index is 10.4. The number of phenolic OH excluding ortho intramolecular Hbond substituents is 1. The molecule has 0 atom stereocenters. The Morgan fingerprint density at radius 3 is 2.62 bits per heavy atom. The molecule has 1 aromatic carbocycles. The SMILES string of the molecule is Cc1cc(Cl)c(O)c(CCCC(=O)O)c1C. The summed E-state index contributed by atoms with van der Waals surface area (Å²) in [6, 6.07) is 1.72. The number of hydrogen-bond donors (Lipinski definition) is 2. The van der Waals surface area contributed by atoms with Gasteiger partial charge in [0.25, 0.3) is 0 Å². The number of aryl methyl sites for hydroxylation is 1. The number of aliphatic carboxylic acids is 1. The van der Waals surface area contributed by atoms with Crippen LogP contribution in [0.2, 0.25) is 5.02 Å². The number of carboxylic acids is 1. The predicted octanol–water partition coefficient (Wildman–Crippen LogP) is 3.07. The van der Waals surface area contributed by atoms with Gasteiger partial charge in [0.2, 0.25) is 0 Å². The van der Waals surface area contributed by atoms with Crippen molar-refractivity contribution in [2.75, 3.05) is 0 Å². The number of hydrogen-bond acceptors (Lipinski definition) is 2. The lowest BCUT2D eigenvalue weighted by molar-refractivity contribution is -0.137. The first-order chi connectivity index (χ1) is 7.43. The first-order valence-corrected chi connectivity index (χ1v) is 5.50. The number of benzene rings is 1. The topological polar surface area (TPSA) is 57.5 Å². The van der Waals surface area contributed by atoms with E-state index in [-0.39, 0.29) is 12.2 Å². The van der Waals surface area contributed by atoms with Crippen molar-refractivity contribution in [1.82, 2.24) is 0 Å². The lowest BCUT2D eigenvalue weighted by atomic mass is 9.98. The molecule has 4 heteroatoms. The molecule has 0 amide bonds. The van der Waals surface area contributed by atoms with Gasteiger partial charge < -0.3 is 10.2 Å². The van der Waals surface area contributed by atoms with Crippen molar-refractivity contribution in [2.24, 2.45) is 0 Å². The van der Waals surface area contributed by atoms with E-state index >= 15 is 0 Å². The molecule has 0 radical (unpaired) electrons. The molecule has 0 saturated heterocycles. The zero-order valence-electron chi connectivity index (χ0n) is 9.38. The lowest BCUT2D eigenvalue weighted by Gasteiger charge is -2.12. The van der Waals surface area contributed by atoms with E-state index in [0.29, 0.717) is 17.9 Å². The van der Waals surface area contributed by atoms with Gasteiger partial charge >= 0.3 is 5.97 Å². The third-order valence-corrected chi connectivity index (χ3v) is 3.01. The maximum absolute atomic E-state index is 10.4. The highest BCUT2D eigenvalue weighted by atomic mass is 35.5. The number of phenols is 1. The van der Waals surface area contributed by atoms with Crippen molar-refractivity contribution in [2.45, 2.75) is 33.1 Å². The van der Waals surface area contributed by atoms with E-state index < -0.39 is 5.97 Å². The van der Waals surface area contributed by atoms with Gasteiger partial charge in [-0.3, -0.25) is 4.79 Å². The number of carboxylic acid groups (broad SMARTS) is 1. The van der Waals surface area contributed by atoms with Gasteiger partial charge in [-0.15, -0.1) is 0 Å². The van der Waals surface area contributed by atoms with E-state index in [1.807, 2.05) is 13.8 Å². The van der Waals surface area contributed by atoms with Crippen LogP contribution in [-0.4, -0.2) is 16.2 Å². The molecule has 0 aliphatic rings. The van der Waals surface area contributed by atoms with E-state index in [1.54, 1.807) is 6.07 Å². The van der Waals surface area contributed by atoms with Gasteiger partial charge in [-0.25, -0.2) is 0 Å². The Morgan fingerprint density at radius 2 is 2.06 bits per heavy atom. The number of aromatic hydroxyl groups is 1. The number of halogens is 1. The zero-order valence-corrected chi connectivity index (χ0v) is 10.1. The minimum Gasteiger partial charge on any atom is -0.506 e. The van der Waals surface area contributed by atoms with Crippen LogP contribution in [0.3, 0.4) is 0 Å². The highest BCUT2D eigenvalue weighted by molar-refractivity contribution is 6.32. The van der Waals surface area contributed by atoms with Gasteiger partial charge in [-0.1, -0.05) is 11.6 Å². The monoisotopic (exact) mass is 242 g/mol. The van der Waals surface area contributed by atoms with Crippen LogP contribution >= 0.6 is 11.6 Å². The summed E-state index contributed by atoms with van der Waals surface area (Å²) in [7, 11) is 0. The fourth-order valence-electron chi connectivity index (χ4n) is 1.65. The molecule has 1 aromatic rings. The first-order valence-electron chi connectivity index (χ1n) is 5.12. The molecule has 0 heterocycles. The smallest absolute Gasteiger partial charge is 0.303 e. The van der Waals surface area contributed by atoms with E-state index in [4.69, 9.17) is 16.7 Å². The lowest BCUT2D eigenvalue weighted by Crippen LogP contribution is -1.99. The molecule has 1 rings (SSSR count). The number of rotatable bonds is 4. The fraction of sp³-hybridized carbons (Fsp3) is 0.417. The molecule has 0 aliphatic heterocycles. The average molecular weight is 243 g/mol. The Kier molecular flexibility index (Phi) is 4.19. The standard InChI is InChI=1S/C12H15ClO3/c1-7-6-10(13)12(16)9(8(7)2)4-3-5-11(14)15/h6,16H,3-5H2,1-2H3,(H,14,15). The third kappa shape index (κ3) is 2.89. The van der Waals surface area contributed by atoms with Gasteiger partial charge in [-0.05, 0) is 49.4 Å². The molecule has 2 N–H and O–H groups in total. The van der Waals surface area contributed by atoms with Crippen molar-refractivity contribution in [1.29, 1.82) is 0 Å². The summed E-state index contributed by atoms with van der Waals surface area (Å²) < 4.78 is 0. The van der Waals surface area contributed by atoms with Crippen LogP contribution in [0, 0.1) is 13.8 Å². The minimum absolute atomic E-state index is 0.0788. The van der Waals surface area contributed by atoms with Crippen LogP contribution in [0.15, 0.2) is 6.07 Å². The highest BCUT2D eigenvalue weighted by Gasteiger charge is 2.12. The summed E-state index contributed by atoms with van der Waals surface area (Å²) in [5, 5.41) is 18.7. The van der Waals surface area contributed by atoms with E-state index in [1.165, 1.54) is 0 Å². The van der Waals surface area contributed by atoms with Gasteiger partial charge in [-0.2, -0.15) is 0 Å². The van der Waals surface area contributed by atoms with Crippen LogP contribution in [-0.2, 0) is 11.2 Å². The fourth-order valence-corrected chi connectivity index (χ4v) is 1.93. The second-order valence-corrected chi connectivity index (χ2v) is 4.28. The van der Waals surface area contributed by atoms with Crippen LogP contribution < -0.4 is 0 Å². The molecule has 16 heavy (non-hydrogen) atoms. The summed E-state index contributed by atoms with van der Waals surface area (Å²) in [6.07, 6.45) is 1.14. The Bertz CT molecular complexity index is 387. The molecular formula is C12H15ClO3. The Morgan fingerprint density at radius 1 is 1.44 bits per heavy atom. The van der Waals surface area contributed by atoms with Crippen LogP contribution in [0.1, 0.15) is 29.5 Å². The predicted molar refractivity (Wildman–Crippen MR) is 63.2 cm³/mol. The number of carbonyl (C=O) groups is 1. The quantitative estimate of drug-likeness (QED) is 0.853. The molecule has 88 valence electrons. The summed E-state index contributed by atoms with van der Waals surface area (Å²) in [5.41, 5.74) is 2.74. The van der Waals surface area contributed by atoms with Crippen molar-refractivity contribution < 1.29 is 15.0 Å². The second-order valence-electron chi connectivity index (χ2n) is 3.87.